The van der Waals surface area contributed by atoms with E-state index in [9.17, 15) is 4.79 Å². The lowest BCUT2D eigenvalue weighted by Crippen LogP contribution is -2.07. The van der Waals surface area contributed by atoms with Crippen LogP contribution in [0.2, 0.25) is 0 Å². The van der Waals surface area contributed by atoms with Gasteiger partial charge in [0.15, 0.2) is 16.6 Å². The van der Waals surface area contributed by atoms with E-state index >= 15 is 0 Å². The summed E-state index contributed by atoms with van der Waals surface area (Å²) in [5, 5.41) is 5.26. The maximum atomic E-state index is 12.5. The fourth-order valence-electron chi connectivity index (χ4n) is 3.51. The van der Waals surface area contributed by atoms with Gasteiger partial charge in [-0.25, -0.2) is 4.98 Å². The van der Waals surface area contributed by atoms with Crippen LogP contribution in [0.1, 0.15) is 23.6 Å². The molecular weight excluding hydrogens is 472 g/mol. The molecule has 0 aliphatic carbocycles. The summed E-state index contributed by atoms with van der Waals surface area (Å²) >= 11 is 1.38. The second-order valence-corrected chi connectivity index (χ2v) is 8.80. The van der Waals surface area contributed by atoms with E-state index in [2.05, 4.69) is 23.3 Å². The zero-order chi connectivity index (χ0) is 25.3. The molecule has 0 saturated heterocycles. The molecule has 6 nitrogen and oxygen atoms in total. The lowest BCUT2D eigenvalue weighted by molar-refractivity contribution is -0.111. The average Bonchev–Trinajstić information content (AvgIpc) is 3.36. The first kappa shape index (κ1) is 25.0. The topological polar surface area (TPSA) is 69.7 Å². The number of aromatic nitrogens is 1. The Morgan fingerprint density at radius 1 is 1.03 bits per heavy atom. The first-order chi connectivity index (χ1) is 17.6. The minimum atomic E-state index is -0.263. The Morgan fingerprint density at radius 3 is 2.58 bits per heavy atom. The Hall–Kier alpha value is -4.10. The number of hydrogen-bond acceptors (Lipinski definition) is 6. The van der Waals surface area contributed by atoms with Crippen molar-refractivity contribution in [3.8, 4) is 28.5 Å². The molecular formula is C29H28N2O4S. The normalized spacial score (nSPS) is 10.9. The standard InChI is InChI=1S/C29H28N2O4S/c1-4-34-24-13-11-22(12-14-24)25-19-36-29(30-25)31-28(32)16-10-21-9-15-26(27(17-21)33-3)35-18-23-8-6-5-7-20(23)2/h5-17,19H,4,18H2,1-3H3,(H,30,31,32). The van der Waals surface area contributed by atoms with Gasteiger partial charge in [0, 0.05) is 17.0 Å². The molecule has 0 saturated carbocycles. The fourth-order valence-corrected chi connectivity index (χ4v) is 4.23. The zero-order valence-electron chi connectivity index (χ0n) is 20.5. The van der Waals surface area contributed by atoms with Crippen LogP contribution in [-0.2, 0) is 11.4 Å². The number of methoxy groups -OCH3 is 1. The van der Waals surface area contributed by atoms with Crippen LogP contribution in [0.25, 0.3) is 17.3 Å². The van der Waals surface area contributed by atoms with E-state index in [1.165, 1.54) is 23.0 Å². The molecule has 184 valence electrons. The smallest absolute Gasteiger partial charge is 0.250 e. The molecule has 1 heterocycles. The lowest BCUT2D eigenvalue weighted by Gasteiger charge is -2.12. The molecule has 7 heteroatoms. The fraction of sp³-hybridized carbons (Fsp3) is 0.172. The van der Waals surface area contributed by atoms with Crippen molar-refractivity contribution in [3.05, 3.63) is 94.9 Å². The van der Waals surface area contributed by atoms with Crippen LogP contribution in [-0.4, -0.2) is 24.6 Å². The Labute approximate surface area is 215 Å². The van der Waals surface area contributed by atoms with E-state index < -0.39 is 0 Å². The van der Waals surface area contributed by atoms with Crippen LogP contribution in [0.4, 0.5) is 5.13 Å². The third-order valence-corrected chi connectivity index (χ3v) is 6.21. The number of aryl methyl sites for hydroxylation is 1. The molecule has 1 amide bonds. The molecule has 0 spiro atoms. The maximum absolute atomic E-state index is 12.5. The summed E-state index contributed by atoms with van der Waals surface area (Å²) in [6, 6.07) is 21.4. The van der Waals surface area contributed by atoms with Gasteiger partial charge >= 0.3 is 0 Å². The molecule has 0 atom stereocenters. The molecule has 0 radical (unpaired) electrons. The SMILES string of the molecule is CCOc1ccc(-c2csc(NC(=O)C=Cc3ccc(OCc4ccccc4C)c(OC)c3)n2)cc1. The maximum Gasteiger partial charge on any atom is 0.250 e. The molecule has 0 unspecified atom stereocenters. The summed E-state index contributed by atoms with van der Waals surface area (Å²) in [6.45, 7) is 5.08. The van der Waals surface area contributed by atoms with Crippen LogP contribution >= 0.6 is 11.3 Å². The summed E-state index contributed by atoms with van der Waals surface area (Å²) in [4.78, 5) is 17.0. The second kappa shape index (κ2) is 12.0. The number of hydrogen-bond donors (Lipinski definition) is 1. The molecule has 3 aromatic carbocycles. The predicted molar refractivity (Wildman–Crippen MR) is 145 cm³/mol. The number of carbonyl (C=O) groups is 1. The quantitative estimate of drug-likeness (QED) is 0.244. The highest BCUT2D eigenvalue weighted by molar-refractivity contribution is 7.14. The van der Waals surface area contributed by atoms with Crippen molar-refractivity contribution in [1.82, 2.24) is 4.98 Å². The summed E-state index contributed by atoms with van der Waals surface area (Å²) in [5.41, 5.74) is 4.87. The minimum absolute atomic E-state index is 0.263. The van der Waals surface area contributed by atoms with Crippen LogP contribution < -0.4 is 19.5 Å². The van der Waals surface area contributed by atoms with Crippen molar-refractivity contribution in [2.75, 3.05) is 19.0 Å². The third-order valence-electron chi connectivity index (χ3n) is 5.45. The highest BCUT2D eigenvalue weighted by Crippen LogP contribution is 2.30. The summed E-state index contributed by atoms with van der Waals surface area (Å²) < 4.78 is 16.9. The van der Waals surface area contributed by atoms with Crippen LogP contribution in [0, 0.1) is 6.92 Å². The number of nitrogens with zero attached hydrogens (tertiary/aromatic N) is 1. The van der Waals surface area contributed by atoms with Crippen molar-refractivity contribution >= 4 is 28.5 Å². The molecule has 0 fully saturated rings. The first-order valence-electron chi connectivity index (χ1n) is 11.6. The van der Waals surface area contributed by atoms with Crippen LogP contribution in [0.15, 0.2) is 78.2 Å². The first-order valence-corrected chi connectivity index (χ1v) is 12.5. The number of carbonyl (C=O) groups excluding carboxylic acids is 1. The van der Waals surface area contributed by atoms with Crippen molar-refractivity contribution in [2.24, 2.45) is 0 Å². The van der Waals surface area contributed by atoms with E-state index in [1.54, 1.807) is 13.2 Å². The number of benzene rings is 3. The van der Waals surface area contributed by atoms with Crippen molar-refractivity contribution in [2.45, 2.75) is 20.5 Å². The molecule has 4 aromatic rings. The van der Waals surface area contributed by atoms with E-state index in [4.69, 9.17) is 14.2 Å². The Morgan fingerprint density at radius 2 is 1.83 bits per heavy atom. The summed E-state index contributed by atoms with van der Waals surface area (Å²) in [6.07, 6.45) is 3.20. The Bertz CT molecular complexity index is 1350. The molecule has 36 heavy (non-hydrogen) atoms. The summed E-state index contributed by atoms with van der Waals surface area (Å²) in [7, 11) is 1.60. The molecule has 1 N–H and O–H groups in total. The molecule has 4 rings (SSSR count). The third kappa shape index (κ3) is 6.52. The lowest BCUT2D eigenvalue weighted by atomic mass is 10.1. The monoisotopic (exact) mass is 500 g/mol. The molecule has 0 bridgehead atoms. The van der Waals surface area contributed by atoms with E-state index in [1.807, 2.05) is 73.0 Å². The van der Waals surface area contributed by atoms with Crippen molar-refractivity contribution < 1.29 is 19.0 Å². The summed E-state index contributed by atoms with van der Waals surface area (Å²) in [5.74, 6) is 1.80. The average molecular weight is 501 g/mol. The Kier molecular flexibility index (Phi) is 8.36. The molecule has 1 aromatic heterocycles. The van der Waals surface area contributed by atoms with E-state index in [-0.39, 0.29) is 5.91 Å². The van der Waals surface area contributed by atoms with Gasteiger partial charge < -0.3 is 14.2 Å². The molecule has 0 aliphatic rings. The number of ether oxygens (including phenoxy) is 3. The van der Waals surface area contributed by atoms with E-state index in [0.717, 1.165) is 28.1 Å². The van der Waals surface area contributed by atoms with Gasteiger partial charge in [-0.15, -0.1) is 11.3 Å². The van der Waals surface area contributed by atoms with Crippen molar-refractivity contribution in [1.29, 1.82) is 0 Å². The molecule has 0 aliphatic heterocycles. The van der Waals surface area contributed by atoms with Gasteiger partial charge in [0.2, 0.25) is 5.91 Å². The van der Waals surface area contributed by atoms with Gasteiger partial charge in [-0.1, -0.05) is 30.3 Å². The highest BCUT2D eigenvalue weighted by atomic mass is 32.1. The number of amides is 1. The Balaban J connectivity index is 1.36. The minimum Gasteiger partial charge on any atom is -0.494 e. The highest BCUT2D eigenvalue weighted by Gasteiger charge is 2.09. The van der Waals surface area contributed by atoms with Crippen molar-refractivity contribution in [3.63, 3.8) is 0 Å². The number of thiazole rings is 1. The number of rotatable bonds is 10. The van der Waals surface area contributed by atoms with E-state index in [0.29, 0.717) is 29.8 Å². The number of nitrogens with one attached hydrogen (secondary N) is 1. The second-order valence-electron chi connectivity index (χ2n) is 7.94. The number of anilines is 1. The zero-order valence-corrected chi connectivity index (χ0v) is 21.3. The van der Waals surface area contributed by atoms with Gasteiger partial charge in [0.25, 0.3) is 0 Å². The van der Waals surface area contributed by atoms with Gasteiger partial charge in [0.05, 0.1) is 19.4 Å². The van der Waals surface area contributed by atoms with Crippen LogP contribution in [0.5, 0.6) is 17.2 Å². The van der Waals surface area contributed by atoms with Gasteiger partial charge in [-0.3, -0.25) is 10.1 Å². The van der Waals surface area contributed by atoms with Gasteiger partial charge in [-0.05, 0) is 73.0 Å². The van der Waals surface area contributed by atoms with Gasteiger partial charge in [-0.2, -0.15) is 0 Å². The van der Waals surface area contributed by atoms with Crippen LogP contribution in [0.3, 0.4) is 0 Å². The predicted octanol–water partition coefficient (Wildman–Crippen LogP) is 6.76. The largest absolute Gasteiger partial charge is 0.494 e. The van der Waals surface area contributed by atoms with Gasteiger partial charge in [0.1, 0.15) is 12.4 Å².